The van der Waals surface area contributed by atoms with Crippen LogP contribution in [0.1, 0.15) is 12.5 Å². The molecular formula is C12H12Cl2N2O. The monoisotopic (exact) mass is 270 g/mol. The van der Waals surface area contributed by atoms with Gasteiger partial charge in [0.1, 0.15) is 5.94 Å². The SMILES string of the molecule is CC1N=CC=C(c2ccncc2)C1=C=O.Cl.Cl. The summed E-state index contributed by atoms with van der Waals surface area (Å²) in [6, 6.07) is 3.63. The van der Waals surface area contributed by atoms with Crippen LogP contribution in [0.5, 0.6) is 0 Å². The Morgan fingerprint density at radius 1 is 1.24 bits per heavy atom. The molecule has 0 amide bonds. The molecule has 2 rings (SSSR count). The van der Waals surface area contributed by atoms with Crippen molar-refractivity contribution in [3.8, 4) is 0 Å². The second-order valence-electron chi connectivity index (χ2n) is 3.31. The number of halogens is 2. The van der Waals surface area contributed by atoms with Crippen LogP contribution in [-0.2, 0) is 4.79 Å². The smallest absolute Gasteiger partial charge is 0.130 e. The lowest BCUT2D eigenvalue weighted by molar-refractivity contribution is 0.566. The van der Waals surface area contributed by atoms with Crippen molar-refractivity contribution in [1.29, 1.82) is 0 Å². The fourth-order valence-corrected chi connectivity index (χ4v) is 1.56. The molecule has 1 atom stereocenters. The summed E-state index contributed by atoms with van der Waals surface area (Å²) in [5, 5.41) is 0. The van der Waals surface area contributed by atoms with E-state index in [-0.39, 0.29) is 30.9 Å². The molecule has 17 heavy (non-hydrogen) atoms. The van der Waals surface area contributed by atoms with Gasteiger partial charge in [-0.1, -0.05) is 0 Å². The molecule has 0 saturated carbocycles. The summed E-state index contributed by atoms with van der Waals surface area (Å²) in [5.41, 5.74) is 2.46. The molecular weight excluding hydrogens is 259 g/mol. The van der Waals surface area contributed by atoms with Crippen LogP contribution in [0.25, 0.3) is 5.57 Å². The third-order valence-corrected chi connectivity index (χ3v) is 2.36. The standard InChI is InChI=1S/C12H10N2O.2ClH/c1-9-12(8-15)11(4-7-14-9)10-2-5-13-6-3-10;;/h2-7,9H,1H3;2*1H. The number of dihydropyridines is 1. The highest BCUT2D eigenvalue weighted by Gasteiger charge is 2.17. The summed E-state index contributed by atoms with van der Waals surface area (Å²) in [4.78, 5) is 18.9. The zero-order chi connectivity index (χ0) is 10.7. The van der Waals surface area contributed by atoms with Gasteiger partial charge in [-0.25, -0.2) is 4.79 Å². The Morgan fingerprint density at radius 2 is 1.88 bits per heavy atom. The lowest BCUT2D eigenvalue weighted by Gasteiger charge is -2.15. The molecule has 2 heterocycles. The number of rotatable bonds is 1. The summed E-state index contributed by atoms with van der Waals surface area (Å²) >= 11 is 0. The minimum absolute atomic E-state index is 0. The quantitative estimate of drug-likeness (QED) is 0.736. The molecule has 3 nitrogen and oxygen atoms in total. The van der Waals surface area contributed by atoms with Crippen molar-refractivity contribution >= 4 is 42.5 Å². The summed E-state index contributed by atoms with van der Waals surface area (Å²) in [6.07, 6.45) is 6.96. The van der Waals surface area contributed by atoms with Gasteiger partial charge in [0.25, 0.3) is 0 Å². The van der Waals surface area contributed by atoms with Gasteiger partial charge in [-0.2, -0.15) is 0 Å². The van der Waals surface area contributed by atoms with Crippen LogP contribution >= 0.6 is 24.8 Å². The Labute approximate surface area is 112 Å². The molecule has 0 aliphatic carbocycles. The van der Waals surface area contributed by atoms with E-state index >= 15 is 0 Å². The van der Waals surface area contributed by atoms with Crippen molar-refractivity contribution in [2.24, 2.45) is 4.99 Å². The molecule has 0 aromatic carbocycles. The Balaban J connectivity index is 0.00000128. The molecule has 90 valence electrons. The second kappa shape index (κ2) is 7.02. The minimum atomic E-state index is -0.115. The van der Waals surface area contributed by atoms with Crippen LogP contribution in [0.2, 0.25) is 0 Å². The van der Waals surface area contributed by atoms with Gasteiger partial charge in [0, 0.05) is 18.6 Å². The van der Waals surface area contributed by atoms with Gasteiger partial charge in [0.05, 0.1) is 11.6 Å². The van der Waals surface area contributed by atoms with E-state index in [1.165, 1.54) is 0 Å². The third-order valence-electron chi connectivity index (χ3n) is 2.36. The highest BCUT2D eigenvalue weighted by Crippen LogP contribution is 2.26. The van der Waals surface area contributed by atoms with Crippen LogP contribution in [0.4, 0.5) is 0 Å². The van der Waals surface area contributed by atoms with Gasteiger partial charge in [-0.3, -0.25) is 9.98 Å². The number of nitrogens with zero attached hydrogens (tertiary/aromatic N) is 2. The van der Waals surface area contributed by atoms with Gasteiger partial charge in [0.2, 0.25) is 0 Å². The van der Waals surface area contributed by atoms with E-state index in [0.29, 0.717) is 5.57 Å². The van der Waals surface area contributed by atoms with E-state index in [4.69, 9.17) is 0 Å². The summed E-state index contributed by atoms with van der Waals surface area (Å²) in [5.74, 6) is 1.97. The van der Waals surface area contributed by atoms with E-state index in [2.05, 4.69) is 9.98 Å². The topological polar surface area (TPSA) is 42.3 Å². The predicted molar refractivity (Wildman–Crippen MR) is 73.9 cm³/mol. The van der Waals surface area contributed by atoms with Crippen LogP contribution < -0.4 is 0 Å². The number of allylic oxidation sites excluding steroid dienone is 1. The average Bonchev–Trinajstić information content (AvgIpc) is 2.30. The van der Waals surface area contributed by atoms with Gasteiger partial charge in [0.15, 0.2) is 0 Å². The fraction of sp³-hybridized carbons (Fsp3) is 0.167. The van der Waals surface area contributed by atoms with E-state index < -0.39 is 0 Å². The first-order valence-corrected chi connectivity index (χ1v) is 4.72. The zero-order valence-electron chi connectivity index (χ0n) is 9.16. The van der Waals surface area contributed by atoms with Gasteiger partial charge in [-0.15, -0.1) is 24.8 Å². The highest BCUT2D eigenvalue weighted by molar-refractivity contribution is 5.98. The highest BCUT2D eigenvalue weighted by atomic mass is 35.5. The van der Waals surface area contributed by atoms with E-state index in [1.807, 2.05) is 31.1 Å². The minimum Gasteiger partial charge on any atom is -0.285 e. The lowest BCUT2D eigenvalue weighted by Crippen LogP contribution is -2.10. The Bertz CT molecular complexity index is 477. The first-order chi connectivity index (χ1) is 7.33. The maximum Gasteiger partial charge on any atom is 0.130 e. The van der Waals surface area contributed by atoms with Crippen LogP contribution in [-0.4, -0.2) is 23.2 Å². The molecule has 0 N–H and O–H groups in total. The number of hydrogen-bond donors (Lipinski definition) is 0. The van der Waals surface area contributed by atoms with Crippen molar-refractivity contribution in [2.45, 2.75) is 13.0 Å². The fourth-order valence-electron chi connectivity index (χ4n) is 1.56. The maximum absolute atomic E-state index is 10.9. The number of aromatic nitrogens is 1. The number of pyridine rings is 1. The number of hydrogen-bond acceptors (Lipinski definition) is 3. The molecule has 1 aliphatic heterocycles. The second-order valence-corrected chi connectivity index (χ2v) is 3.31. The largest absolute Gasteiger partial charge is 0.285 e. The van der Waals surface area contributed by atoms with Gasteiger partial charge >= 0.3 is 0 Å². The maximum atomic E-state index is 10.9. The Kier molecular flexibility index (Phi) is 6.44. The Hall–Kier alpha value is -1.41. The first kappa shape index (κ1) is 15.6. The van der Waals surface area contributed by atoms with Crippen molar-refractivity contribution in [3.63, 3.8) is 0 Å². The van der Waals surface area contributed by atoms with Crippen molar-refractivity contribution in [3.05, 3.63) is 41.7 Å². The van der Waals surface area contributed by atoms with Crippen LogP contribution in [0, 0.1) is 0 Å². The van der Waals surface area contributed by atoms with Crippen LogP contribution in [0.15, 0.2) is 41.2 Å². The zero-order valence-corrected chi connectivity index (χ0v) is 10.8. The van der Waals surface area contributed by atoms with Crippen molar-refractivity contribution in [1.82, 2.24) is 4.98 Å². The number of aliphatic imine (C=N–C) groups is 1. The van der Waals surface area contributed by atoms with Crippen molar-refractivity contribution in [2.75, 3.05) is 0 Å². The summed E-state index contributed by atoms with van der Waals surface area (Å²) < 4.78 is 0. The van der Waals surface area contributed by atoms with Crippen molar-refractivity contribution < 1.29 is 4.79 Å². The van der Waals surface area contributed by atoms with Gasteiger partial charge < -0.3 is 0 Å². The first-order valence-electron chi connectivity index (χ1n) is 4.72. The molecule has 0 fully saturated rings. The normalized spacial score (nSPS) is 17.4. The molecule has 1 aromatic heterocycles. The average molecular weight is 271 g/mol. The molecule has 0 bridgehead atoms. The van der Waals surface area contributed by atoms with Gasteiger partial charge in [-0.05, 0) is 36.3 Å². The van der Waals surface area contributed by atoms with E-state index in [0.717, 1.165) is 11.1 Å². The molecule has 0 spiro atoms. The molecule has 1 aliphatic rings. The summed E-state index contributed by atoms with van der Waals surface area (Å²) in [7, 11) is 0. The summed E-state index contributed by atoms with van der Waals surface area (Å²) in [6.45, 7) is 1.88. The molecule has 5 heteroatoms. The molecule has 0 radical (unpaired) electrons. The molecule has 1 aromatic rings. The molecule has 0 saturated heterocycles. The Morgan fingerprint density at radius 3 is 2.47 bits per heavy atom. The van der Waals surface area contributed by atoms with Crippen LogP contribution in [0.3, 0.4) is 0 Å². The molecule has 1 unspecified atom stereocenters. The lowest BCUT2D eigenvalue weighted by atomic mass is 9.93. The predicted octanol–water partition coefficient (Wildman–Crippen LogP) is 2.54. The third kappa shape index (κ3) is 3.27. The van der Waals surface area contributed by atoms with E-state index in [9.17, 15) is 4.79 Å². The number of carbonyl (C=O) groups excluding carboxylic acids is 1. The van der Waals surface area contributed by atoms with E-state index in [1.54, 1.807) is 18.6 Å².